The summed E-state index contributed by atoms with van der Waals surface area (Å²) in [7, 11) is 0. The molecule has 1 N–H and O–H groups in total. The molecule has 0 spiro atoms. The minimum absolute atomic E-state index is 0.139. The van der Waals surface area contributed by atoms with Gasteiger partial charge in [0, 0.05) is 5.56 Å². The van der Waals surface area contributed by atoms with Crippen molar-refractivity contribution in [2.24, 2.45) is 0 Å². The molecule has 2 aromatic carbocycles. The molecule has 0 amide bonds. The fourth-order valence-electron chi connectivity index (χ4n) is 2.16. The first-order valence-electron chi connectivity index (χ1n) is 7.27. The summed E-state index contributed by atoms with van der Waals surface area (Å²) in [6.07, 6.45) is 1.19. The number of aromatic carboxylic acids is 1. The number of rotatable bonds is 5. The predicted molar refractivity (Wildman–Crippen MR) is 97.9 cm³/mol. The van der Waals surface area contributed by atoms with E-state index in [-0.39, 0.29) is 5.69 Å². The Morgan fingerprint density at radius 1 is 1.20 bits per heavy atom. The van der Waals surface area contributed by atoms with Crippen molar-refractivity contribution in [3.63, 3.8) is 0 Å². The second-order valence-electron chi connectivity index (χ2n) is 5.12. The maximum Gasteiger partial charge on any atom is 0.356 e. The number of carboxylic acid groups (broad SMARTS) is 1. The zero-order valence-electron chi connectivity index (χ0n) is 12.8. The number of carboxylic acids is 1. The molecule has 0 fully saturated rings. The third kappa shape index (κ3) is 4.15. The van der Waals surface area contributed by atoms with Gasteiger partial charge in [-0.2, -0.15) is 0 Å². The summed E-state index contributed by atoms with van der Waals surface area (Å²) >= 11 is 9.50. The molecule has 0 aliphatic rings. The fourth-order valence-corrected chi connectivity index (χ4v) is 2.75. The van der Waals surface area contributed by atoms with Gasteiger partial charge in [0.1, 0.15) is 22.7 Å². The maximum absolute atomic E-state index is 11.1. The largest absolute Gasteiger partial charge is 0.487 e. The Morgan fingerprint density at radius 2 is 1.96 bits per heavy atom. The molecule has 126 valence electrons. The van der Waals surface area contributed by atoms with Crippen molar-refractivity contribution >= 4 is 33.5 Å². The number of aromatic nitrogens is 2. The SMILES string of the molecule is O=C(O)c1cnc(Br)c(-c2ccc(Cl)c(OCc3ccccc3)c2)n1. The molecular weight excluding hydrogens is 408 g/mol. The highest BCUT2D eigenvalue weighted by Crippen LogP contribution is 2.33. The number of halogens is 2. The van der Waals surface area contributed by atoms with Gasteiger partial charge >= 0.3 is 5.97 Å². The van der Waals surface area contributed by atoms with Crippen molar-refractivity contribution in [3.8, 4) is 17.0 Å². The van der Waals surface area contributed by atoms with Gasteiger partial charge < -0.3 is 9.84 Å². The van der Waals surface area contributed by atoms with E-state index in [4.69, 9.17) is 21.4 Å². The second kappa shape index (κ2) is 7.63. The van der Waals surface area contributed by atoms with Crippen LogP contribution in [0.2, 0.25) is 5.02 Å². The lowest BCUT2D eigenvalue weighted by Gasteiger charge is -2.11. The molecule has 1 aromatic heterocycles. The summed E-state index contributed by atoms with van der Waals surface area (Å²) in [5.74, 6) is -0.659. The van der Waals surface area contributed by atoms with Crippen molar-refractivity contribution in [3.05, 3.63) is 75.6 Å². The van der Waals surface area contributed by atoms with Crippen molar-refractivity contribution in [1.29, 1.82) is 0 Å². The van der Waals surface area contributed by atoms with E-state index in [2.05, 4.69) is 25.9 Å². The van der Waals surface area contributed by atoms with E-state index in [0.717, 1.165) is 5.56 Å². The molecule has 5 nitrogen and oxygen atoms in total. The average Bonchev–Trinajstić information content (AvgIpc) is 2.62. The average molecular weight is 420 g/mol. The van der Waals surface area contributed by atoms with Crippen LogP contribution in [-0.2, 0) is 6.61 Å². The Bertz CT molecular complexity index is 919. The van der Waals surface area contributed by atoms with Gasteiger partial charge in [0.25, 0.3) is 0 Å². The molecule has 3 rings (SSSR count). The number of hydrogen-bond donors (Lipinski definition) is 1. The molecular formula is C18H12BrClN2O3. The number of nitrogens with zero attached hydrogens (tertiary/aromatic N) is 2. The highest BCUT2D eigenvalue weighted by molar-refractivity contribution is 9.10. The van der Waals surface area contributed by atoms with Gasteiger partial charge in [-0.05, 0) is 33.6 Å². The number of carbonyl (C=O) groups is 1. The fraction of sp³-hybridized carbons (Fsp3) is 0.0556. The van der Waals surface area contributed by atoms with Gasteiger partial charge in [0.05, 0.1) is 11.2 Å². The zero-order valence-corrected chi connectivity index (χ0v) is 15.2. The van der Waals surface area contributed by atoms with Gasteiger partial charge in [-0.3, -0.25) is 0 Å². The van der Waals surface area contributed by atoms with E-state index >= 15 is 0 Å². The number of hydrogen-bond acceptors (Lipinski definition) is 4. The minimum Gasteiger partial charge on any atom is -0.487 e. The van der Waals surface area contributed by atoms with Gasteiger partial charge in [0.2, 0.25) is 0 Å². The van der Waals surface area contributed by atoms with Crippen molar-refractivity contribution in [1.82, 2.24) is 9.97 Å². The van der Waals surface area contributed by atoms with Crippen LogP contribution < -0.4 is 4.74 Å². The smallest absolute Gasteiger partial charge is 0.356 e. The van der Waals surface area contributed by atoms with E-state index in [0.29, 0.717) is 33.2 Å². The van der Waals surface area contributed by atoms with Crippen LogP contribution in [0.5, 0.6) is 5.75 Å². The Hall–Kier alpha value is -2.44. The van der Waals surface area contributed by atoms with E-state index in [1.54, 1.807) is 18.2 Å². The number of benzene rings is 2. The first-order valence-corrected chi connectivity index (χ1v) is 8.44. The topological polar surface area (TPSA) is 72.3 Å². The summed E-state index contributed by atoms with van der Waals surface area (Å²) in [6.45, 7) is 0.367. The summed E-state index contributed by atoms with van der Waals surface area (Å²) in [5, 5.41) is 9.55. The normalized spacial score (nSPS) is 10.5. The Balaban J connectivity index is 1.91. The second-order valence-corrected chi connectivity index (χ2v) is 6.28. The van der Waals surface area contributed by atoms with Crippen LogP contribution in [0.3, 0.4) is 0 Å². The number of ether oxygens (including phenoxy) is 1. The molecule has 0 unspecified atom stereocenters. The lowest BCUT2D eigenvalue weighted by atomic mass is 10.1. The first-order chi connectivity index (χ1) is 12.0. The van der Waals surface area contributed by atoms with E-state index in [1.807, 2.05) is 30.3 Å². The van der Waals surface area contributed by atoms with Crippen LogP contribution in [0, 0.1) is 0 Å². The van der Waals surface area contributed by atoms with Crippen LogP contribution in [0.1, 0.15) is 16.1 Å². The Morgan fingerprint density at radius 3 is 2.68 bits per heavy atom. The highest BCUT2D eigenvalue weighted by Gasteiger charge is 2.14. The molecule has 1 heterocycles. The van der Waals surface area contributed by atoms with Crippen LogP contribution in [0.15, 0.2) is 59.3 Å². The van der Waals surface area contributed by atoms with Crippen LogP contribution in [-0.4, -0.2) is 21.0 Å². The van der Waals surface area contributed by atoms with Crippen molar-refractivity contribution in [2.75, 3.05) is 0 Å². The van der Waals surface area contributed by atoms with Crippen LogP contribution in [0.25, 0.3) is 11.3 Å². The quantitative estimate of drug-likeness (QED) is 0.641. The maximum atomic E-state index is 11.1. The molecule has 25 heavy (non-hydrogen) atoms. The molecule has 0 bridgehead atoms. The molecule has 0 saturated heterocycles. The molecule has 0 radical (unpaired) electrons. The van der Waals surface area contributed by atoms with Crippen molar-refractivity contribution in [2.45, 2.75) is 6.61 Å². The summed E-state index contributed by atoms with van der Waals surface area (Å²) in [6, 6.07) is 14.8. The third-order valence-electron chi connectivity index (χ3n) is 3.39. The predicted octanol–water partition coefficient (Wildman–Crippen LogP) is 4.84. The molecule has 0 saturated carbocycles. The molecule has 0 atom stereocenters. The third-order valence-corrected chi connectivity index (χ3v) is 4.28. The summed E-state index contributed by atoms with van der Waals surface area (Å²) in [5.41, 5.74) is 1.92. The van der Waals surface area contributed by atoms with E-state index in [9.17, 15) is 4.79 Å². The van der Waals surface area contributed by atoms with Gasteiger partial charge in [0.15, 0.2) is 5.69 Å². The standard InChI is InChI=1S/C18H12BrClN2O3/c19-17-16(22-14(9-21-17)18(23)24)12-6-7-13(20)15(8-12)25-10-11-4-2-1-3-5-11/h1-9H,10H2,(H,23,24). The summed E-state index contributed by atoms with van der Waals surface area (Å²) in [4.78, 5) is 19.3. The Kier molecular flexibility index (Phi) is 5.31. The lowest BCUT2D eigenvalue weighted by molar-refractivity contribution is 0.0690. The summed E-state index contributed by atoms with van der Waals surface area (Å²) < 4.78 is 6.23. The van der Waals surface area contributed by atoms with Crippen LogP contribution in [0.4, 0.5) is 0 Å². The first kappa shape index (κ1) is 17.4. The van der Waals surface area contributed by atoms with Crippen LogP contribution >= 0.6 is 27.5 Å². The zero-order chi connectivity index (χ0) is 17.8. The molecule has 3 aromatic rings. The van der Waals surface area contributed by atoms with Gasteiger partial charge in [-0.25, -0.2) is 14.8 Å². The van der Waals surface area contributed by atoms with Gasteiger partial charge in [-0.1, -0.05) is 48.0 Å². The molecule has 0 aliphatic heterocycles. The monoisotopic (exact) mass is 418 g/mol. The van der Waals surface area contributed by atoms with E-state index in [1.165, 1.54) is 6.20 Å². The minimum atomic E-state index is -1.14. The van der Waals surface area contributed by atoms with E-state index < -0.39 is 5.97 Å². The lowest BCUT2D eigenvalue weighted by Crippen LogP contribution is -2.03. The molecule has 7 heteroatoms. The highest BCUT2D eigenvalue weighted by atomic mass is 79.9. The van der Waals surface area contributed by atoms with Crippen molar-refractivity contribution < 1.29 is 14.6 Å². The molecule has 0 aliphatic carbocycles. The Labute approximate surface area is 157 Å². The van der Waals surface area contributed by atoms with Gasteiger partial charge in [-0.15, -0.1) is 0 Å².